The Morgan fingerprint density at radius 2 is 1.92 bits per heavy atom. The Kier molecular flexibility index (Phi) is 2.61. The molecule has 2 nitrogen and oxygen atoms in total. The Bertz CT molecular complexity index is 371. The van der Waals surface area contributed by atoms with Gasteiger partial charge >= 0.3 is 0 Å². The number of hydrogen-bond acceptors (Lipinski definition) is 3. The highest BCUT2D eigenvalue weighted by molar-refractivity contribution is 9.10. The molecule has 0 saturated heterocycles. The Morgan fingerprint density at radius 3 is 2.54 bits per heavy atom. The summed E-state index contributed by atoms with van der Waals surface area (Å²) in [6.07, 6.45) is 1.70. The average molecular weight is 256 g/mol. The van der Waals surface area contributed by atoms with Crippen LogP contribution in [0.15, 0.2) is 40.3 Å². The first-order chi connectivity index (χ1) is 6.34. The fourth-order valence-electron chi connectivity index (χ4n) is 0.884. The van der Waals surface area contributed by atoms with Gasteiger partial charge in [0, 0.05) is 4.47 Å². The number of halogens is 1. The van der Waals surface area contributed by atoms with E-state index in [4.69, 9.17) is 4.74 Å². The summed E-state index contributed by atoms with van der Waals surface area (Å²) >= 11 is 4.74. The smallest absolute Gasteiger partial charge is 0.158 e. The molecule has 2 rings (SSSR count). The predicted octanol–water partition coefficient (Wildman–Crippen LogP) is 3.70. The molecule has 66 valence electrons. The van der Waals surface area contributed by atoms with Crippen molar-refractivity contribution in [3.63, 3.8) is 0 Å². The van der Waals surface area contributed by atoms with E-state index in [9.17, 15) is 0 Å². The fourth-order valence-corrected chi connectivity index (χ4v) is 1.59. The van der Waals surface area contributed by atoms with Gasteiger partial charge in [0.15, 0.2) is 5.75 Å². The second-order valence-corrected chi connectivity index (χ2v) is 3.99. The van der Waals surface area contributed by atoms with E-state index >= 15 is 0 Å². The van der Waals surface area contributed by atoms with Crippen molar-refractivity contribution in [1.29, 1.82) is 0 Å². The van der Waals surface area contributed by atoms with Gasteiger partial charge in [-0.3, -0.25) is 0 Å². The zero-order valence-corrected chi connectivity index (χ0v) is 9.01. The van der Waals surface area contributed by atoms with Gasteiger partial charge < -0.3 is 4.74 Å². The van der Waals surface area contributed by atoms with Crippen LogP contribution < -0.4 is 4.74 Å². The minimum absolute atomic E-state index is 0.785. The van der Waals surface area contributed by atoms with Gasteiger partial charge in [-0.25, -0.2) is 0 Å². The molecule has 2 aromatic rings. The molecule has 1 aromatic carbocycles. The van der Waals surface area contributed by atoms with Crippen LogP contribution in [-0.2, 0) is 0 Å². The van der Waals surface area contributed by atoms with Gasteiger partial charge in [-0.2, -0.15) is 4.37 Å². The van der Waals surface area contributed by atoms with E-state index < -0.39 is 0 Å². The summed E-state index contributed by atoms with van der Waals surface area (Å²) in [5.41, 5.74) is 0. The lowest BCUT2D eigenvalue weighted by Crippen LogP contribution is -1.80. The molecule has 0 amide bonds. The molecule has 1 aromatic heterocycles. The van der Waals surface area contributed by atoms with E-state index in [1.54, 1.807) is 6.20 Å². The highest BCUT2D eigenvalue weighted by atomic mass is 79.9. The molecule has 1 heterocycles. The SMILES string of the molecule is Brc1ccc(Oc2cnsc2)cc1. The molecule has 0 radical (unpaired) electrons. The number of hydrogen-bond donors (Lipinski definition) is 0. The number of aromatic nitrogens is 1. The molecule has 0 saturated carbocycles. The third-order valence-corrected chi connectivity index (χ3v) is 2.55. The van der Waals surface area contributed by atoms with E-state index in [1.807, 2.05) is 29.6 Å². The van der Waals surface area contributed by atoms with Crippen molar-refractivity contribution in [2.24, 2.45) is 0 Å². The summed E-state index contributed by atoms with van der Waals surface area (Å²) in [5.74, 6) is 1.61. The molecule has 0 spiro atoms. The van der Waals surface area contributed by atoms with Crippen LogP contribution in [0.3, 0.4) is 0 Å². The lowest BCUT2D eigenvalue weighted by molar-refractivity contribution is 0.483. The van der Waals surface area contributed by atoms with Gasteiger partial charge in [0.2, 0.25) is 0 Å². The van der Waals surface area contributed by atoms with Crippen molar-refractivity contribution in [3.8, 4) is 11.5 Å². The number of rotatable bonds is 2. The molecule has 0 aliphatic carbocycles. The van der Waals surface area contributed by atoms with Gasteiger partial charge in [0.25, 0.3) is 0 Å². The highest BCUT2D eigenvalue weighted by Gasteiger charge is 1.96. The summed E-state index contributed by atoms with van der Waals surface area (Å²) < 4.78 is 10.5. The van der Waals surface area contributed by atoms with Gasteiger partial charge in [-0.15, -0.1) is 0 Å². The molecule has 0 unspecified atom stereocenters. The summed E-state index contributed by atoms with van der Waals surface area (Å²) in [4.78, 5) is 0. The molecule has 0 aliphatic rings. The first kappa shape index (κ1) is 8.72. The van der Waals surface area contributed by atoms with Gasteiger partial charge in [0.05, 0.1) is 11.6 Å². The van der Waals surface area contributed by atoms with Crippen LogP contribution in [0.1, 0.15) is 0 Å². The molecular weight excluding hydrogens is 250 g/mol. The topological polar surface area (TPSA) is 22.1 Å². The van der Waals surface area contributed by atoms with Gasteiger partial charge in [-0.1, -0.05) is 15.9 Å². The normalized spacial score (nSPS) is 9.92. The zero-order chi connectivity index (χ0) is 9.10. The monoisotopic (exact) mass is 255 g/mol. The molecule has 0 fully saturated rings. The van der Waals surface area contributed by atoms with Crippen molar-refractivity contribution >= 4 is 27.5 Å². The number of ether oxygens (including phenoxy) is 1. The summed E-state index contributed by atoms with van der Waals surface area (Å²) in [6.45, 7) is 0. The summed E-state index contributed by atoms with van der Waals surface area (Å²) in [6, 6.07) is 7.69. The maximum Gasteiger partial charge on any atom is 0.158 e. The van der Waals surface area contributed by atoms with E-state index in [0.717, 1.165) is 16.0 Å². The second-order valence-electron chi connectivity index (χ2n) is 2.42. The maximum atomic E-state index is 5.50. The second kappa shape index (κ2) is 3.89. The Hall–Kier alpha value is -0.870. The average Bonchev–Trinajstić information content (AvgIpc) is 2.62. The van der Waals surface area contributed by atoms with Crippen molar-refractivity contribution in [2.45, 2.75) is 0 Å². The molecule has 0 bridgehead atoms. The summed E-state index contributed by atoms with van der Waals surface area (Å²) in [5, 5.41) is 1.86. The van der Waals surface area contributed by atoms with Crippen LogP contribution in [-0.4, -0.2) is 4.37 Å². The highest BCUT2D eigenvalue weighted by Crippen LogP contribution is 2.23. The first-order valence-corrected chi connectivity index (χ1v) is 5.30. The lowest BCUT2D eigenvalue weighted by Gasteiger charge is -2.01. The van der Waals surface area contributed by atoms with Gasteiger partial charge in [-0.05, 0) is 35.8 Å². The quantitative estimate of drug-likeness (QED) is 0.817. The van der Waals surface area contributed by atoms with Crippen LogP contribution in [0.5, 0.6) is 11.5 Å². The first-order valence-electron chi connectivity index (χ1n) is 3.67. The number of benzene rings is 1. The zero-order valence-electron chi connectivity index (χ0n) is 6.61. The predicted molar refractivity (Wildman–Crippen MR) is 56.3 cm³/mol. The van der Waals surface area contributed by atoms with E-state index in [2.05, 4.69) is 20.3 Å². The molecule has 0 aliphatic heterocycles. The van der Waals surface area contributed by atoms with Crippen molar-refractivity contribution in [1.82, 2.24) is 4.37 Å². The van der Waals surface area contributed by atoms with Crippen LogP contribution >= 0.6 is 27.5 Å². The minimum atomic E-state index is 0.785. The molecule has 0 atom stereocenters. The fraction of sp³-hybridized carbons (Fsp3) is 0. The Balaban J connectivity index is 2.15. The standard InChI is InChI=1S/C9H6BrNOS/c10-7-1-3-8(4-2-7)12-9-5-11-13-6-9/h1-6H. The Morgan fingerprint density at radius 1 is 1.15 bits per heavy atom. The summed E-state index contributed by atoms with van der Waals surface area (Å²) in [7, 11) is 0. The largest absolute Gasteiger partial charge is 0.455 e. The Labute approximate surface area is 88.5 Å². The van der Waals surface area contributed by atoms with Crippen LogP contribution in [0.2, 0.25) is 0 Å². The van der Waals surface area contributed by atoms with Crippen molar-refractivity contribution in [3.05, 3.63) is 40.3 Å². The third-order valence-electron chi connectivity index (χ3n) is 1.46. The molecule has 13 heavy (non-hydrogen) atoms. The van der Waals surface area contributed by atoms with E-state index in [1.165, 1.54) is 11.5 Å². The third kappa shape index (κ3) is 2.29. The van der Waals surface area contributed by atoms with E-state index in [0.29, 0.717) is 0 Å². The lowest BCUT2D eigenvalue weighted by atomic mass is 10.3. The maximum absolute atomic E-state index is 5.50. The van der Waals surface area contributed by atoms with E-state index in [-0.39, 0.29) is 0 Å². The van der Waals surface area contributed by atoms with Crippen LogP contribution in [0, 0.1) is 0 Å². The van der Waals surface area contributed by atoms with Gasteiger partial charge in [0.1, 0.15) is 5.75 Å². The molecular formula is C9H6BrNOS. The van der Waals surface area contributed by atoms with Crippen LogP contribution in [0.4, 0.5) is 0 Å². The molecule has 0 N–H and O–H groups in total. The van der Waals surface area contributed by atoms with Crippen molar-refractivity contribution in [2.75, 3.05) is 0 Å². The number of nitrogens with zero attached hydrogens (tertiary/aromatic N) is 1. The van der Waals surface area contributed by atoms with Crippen molar-refractivity contribution < 1.29 is 4.74 Å². The molecule has 4 heteroatoms. The van der Waals surface area contributed by atoms with Crippen LogP contribution in [0.25, 0.3) is 0 Å². The minimum Gasteiger partial charge on any atom is -0.455 e.